The Kier molecular flexibility index (Phi) is 124. The van der Waals surface area contributed by atoms with E-state index in [1.54, 1.807) is 0 Å². The predicted molar refractivity (Wildman–Crippen MR) is 18.3 cm³/mol. The molecule has 1 unspecified atom stereocenters. The molecule has 4 heavy (non-hydrogen) atoms. The molecule has 0 aromatic heterocycles. The monoisotopic (exact) mass is 299 g/mol. The molecule has 1 atom stereocenters. The smallest absolute Gasteiger partial charge is 0 e. The van der Waals surface area contributed by atoms with Crippen molar-refractivity contribution in [3.63, 3.8) is 0 Å². The average Bonchev–Trinajstić information content (AvgIpc) is 0. The fraction of sp³-hybridized carbons (Fsp3) is 0. The zero-order valence-electron chi connectivity index (χ0n) is 2.19. The molecule has 0 saturated heterocycles. The fourth-order valence-corrected chi connectivity index (χ4v) is 0. The van der Waals surface area contributed by atoms with Crippen molar-refractivity contribution in [1.82, 2.24) is 0 Å². The Hall–Kier alpha value is 2.81. The van der Waals surface area contributed by atoms with Crippen molar-refractivity contribution < 1.29 is 46.9 Å². The van der Waals surface area contributed by atoms with Gasteiger partial charge >= 0.3 is 24.4 Å². The maximum absolute atomic E-state index is 0. The van der Waals surface area contributed by atoms with Gasteiger partial charge in [0.05, 0.1) is 0 Å². The summed E-state index contributed by atoms with van der Waals surface area (Å²) in [7, 11) is 0. The van der Waals surface area contributed by atoms with Gasteiger partial charge in [-0.1, -0.05) is 0 Å². The molecule has 0 spiro atoms. The predicted octanol–water partition coefficient (Wildman–Crippen LogP) is -0.595. The first-order valence-corrected chi connectivity index (χ1v) is 0. The van der Waals surface area contributed by atoms with E-state index in [1.165, 1.54) is 0 Å². The van der Waals surface area contributed by atoms with Gasteiger partial charge in [-0.05, 0) is 0 Å². The van der Waals surface area contributed by atoms with Crippen molar-refractivity contribution in [3.8, 4) is 0 Å². The summed E-state index contributed by atoms with van der Waals surface area (Å²) in [4.78, 5) is 0. The van der Waals surface area contributed by atoms with Crippen molar-refractivity contribution in [3.05, 3.63) is 0 Å². The standard InChI is InChI=1S/Mo.H3P.Sb.Sc.H/h;1H3;;;. The molecule has 0 aromatic carbocycles. The molecular formula is H4MoPSbSc. The SMILES string of the molecule is P.[Mo].[SbH].[Sc]. The Labute approximate surface area is 80.0 Å². The Morgan fingerprint density at radius 3 is 1.00 bits per heavy atom. The second-order valence-corrected chi connectivity index (χ2v) is 0. The van der Waals surface area contributed by atoms with Crippen molar-refractivity contribution in [2.75, 3.05) is 0 Å². The van der Waals surface area contributed by atoms with Gasteiger partial charge < -0.3 is 0 Å². The third-order valence-corrected chi connectivity index (χ3v) is 0. The number of hydrogen-bond donors (Lipinski definition) is 0. The van der Waals surface area contributed by atoms with Crippen molar-refractivity contribution in [1.29, 1.82) is 0 Å². The third-order valence-electron chi connectivity index (χ3n) is 0. The molecule has 0 bridgehead atoms. The number of rotatable bonds is 0. The van der Waals surface area contributed by atoms with Crippen molar-refractivity contribution in [2.45, 2.75) is 0 Å². The Balaban J connectivity index is 0. The van der Waals surface area contributed by atoms with E-state index < -0.39 is 0 Å². The normalized spacial score (nSPS) is 0. The van der Waals surface area contributed by atoms with Gasteiger partial charge in [0, 0.05) is 46.9 Å². The molecule has 4 heteroatoms. The van der Waals surface area contributed by atoms with E-state index in [2.05, 4.69) is 0 Å². The minimum Gasteiger partial charge on any atom is 0 e. The van der Waals surface area contributed by atoms with Crippen LogP contribution in [0.5, 0.6) is 0 Å². The van der Waals surface area contributed by atoms with Gasteiger partial charge in [-0.15, -0.1) is 0 Å². The van der Waals surface area contributed by atoms with Crippen LogP contribution >= 0.6 is 9.90 Å². The van der Waals surface area contributed by atoms with Gasteiger partial charge in [0.1, 0.15) is 0 Å². The van der Waals surface area contributed by atoms with E-state index in [4.69, 9.17) is 0 Å². The molecule has 0 rings (SSSR count). The molecule has 0 N–H and O–H groups in total. The fourth-order valence-electron chi connectivity index (χ4n) is 0. The molecule has 0 saturated carbocycles. The first-order chi connectivity index (χ1) is 0. The second kappa shape index (κ2) is 17.0. The van der Waals surface area contributed by atoms with E-state index in [-0.39, 0.29) is 81.2 Å². The molecule has 23 valence electrons. The minimum atomic E-state index is 0. The number of hydrogen-bond acceptors (Lipinski definition) is 0. The van der Waals surface area contributed by atoms with Crippen LogP contribution in [-0.4, -0.2) is 24.4 Å². The van der Waals surface area contributed by atoms with Crippen LogP contribution < -0.4 is 0 Å². The second-order valence-electron chi connectivity index (χ2n) is 0. The van der Waals surface area contributed by atoms with E-state index >= 15 is 0 Å². The Morgan fingerprint density at radius 1 is 1.00 bits per heavy atom. The summed E-state index contributed by atoms with van der Waals surface area (Å²) in [5, 5.41) is 0. The quantitative estimate of drug-likeness (QED) is 0.414. The topological polar surface area (TPSA) is 0 Å². The first kappa shape index (κ1) is 29.1. The van der Waals surface area contributed by atoms with Gasteiger partial charge in [0.25, 0.3) is 0 Å². The summed E-state index contributed by atoms with van der Waals surface area (Å²) in [5.41, 5.74) is 0. The molecule has 0 nitrogen and oxygen atoms in total. The summed E-state index contributed by atoms with van der Waals surface area (Å²) >= 11 is 0. The molecule has 0 aliphatic heterocycles. The van der Waals surface area contributed by atoms with Gasteiger partial charge in [-0.2, -0.15) is 9.90 Å². The van der Waals surface area contributed by atoms with E-state index in [9.17, 15) is 0 Å². The third kappa shape index (κ3) is 8.84. The van der Waals surface area contributed by atoms with Crippen LogP contribution in [0.4, 0.5) is 0 Å². The van der Waals surface area contributed by atoms with E-state index in [0.717, 1.165) is 0 Å². The summed E-state index contributed by atoms with van der Waals surface area (Å²) < 4.78 is 0. The maximum Gasteiger partial charge on any atom is 0 e. The van der Waals surface area contributed by atoms with Crippen LogP contribution in [0, 0.1) is 0 Å². The molecule has 0 fully saturated rings. The summed E-state index contributed by atoms with van der Waals surface area (Å²) in [5.74, 6) is 0. The average molecular weight is 298 g/mol. The van der Waals surface area contributed by atoms with E-state index in [0.29, 0.717) is 0 Å². The zero-order valence-corrected chi connectivity index (χ0v) is 10.3. The first-order valence-electron chi connectivity index (χ1n) is 0. The summed E-state index contributed by atoms with van der Waals surface area (Å²) in [6.07, 6.45) is 0. The Bertz CT molecular complexity index is 8.00. The molecule has 3 radical (unpaired) electrons. The van der Waals surface area contributed by atoms with Gasteiger partial charge in [-0.3, -0.25) is 0 Å². The molecular weight excluding hydrogens is 294 g/mol. The van der Waals surface area contributed by atoms with Crippen LogP contribution in [0.2, 0.25) is 0 Å². The van der Waals surface area contributed by atoms with Gasteiger partial charge in [-0.25, -0.2) is 0 Å². The maximum atomic E-state index is 0. The molecule has 0 aromatic rings. The van der Waals surface area contributed by atoms with Crippen LogP contribution in [0.15, 0.2) is 0 Å². The zero-order chi connectivity index (χ0) is 0. The molecule has 0 aliphatic carbocycles. The summed E-state index contributed by atoms with van der Waals surface area (Å²) in [6.45, 7) is 0. The van der Waals surface area contributed by atoms with Gasteiger partial charge in [0.2, 0.25) is 0 Å². The van der Waals surface area contributed by atoms with Crippen LogP contribution in [-0.2, 0) is 46.9 Å². The van der Waals surface area contributed by atoms with Gasteiger partial charge in [0.15, 0.2) is 0 Å². The Morgan fingerprint density at radius 2 is 1.00 bits per heavy atom. The largest absolute Gasteiger partial charge is 0 e. The van der Waals surface area contributed by atoms with Crippen LogP contribution in [0.1, 0.15) is 0 Å². The van der Waals surface area contributed by atoms with Crippen LogP contribution in [0.3, 0.4) is 0 Å². The molecule has 0 aliphatic rings. The minimum absolute atomic E-state index is 0. The van der Waals surface area contributed by atoms with E-state index in [1.807, 2.05) is 0 Å². The molecule has 0 heterocycles. The van der Waals surface area contributed by atoms with Crippen molar-refractivity contribution in [2.24, 2.45) is 0 Å². The summed E-state index contributed by atoms with van der Waals surface area (Å²) in [6, 6.07) is 0. The van der Waals surface area contributed by atoms with Crippen LogP contribution in [0.25, 0.3) is 0 Å². The van der Waals surface area contributed by atoms with Crippen molar-refractivity contribution >= 4 is 34.3 Å². The molecule has 0 amide bonds.